The Morgan fingerprint density at radius 3 is 2.23 bits per heavy atom. The number of anilines is 1. The van der Waals surface area contributed by atoms with Gasteiger partial charge in [0.05, 0.1) is 4.90 Å². The van der Waals surface area contributed by atoms with Gasteiger partial charge in [0.25, 0.3) is 0 Å². The minimum atomic E-state index is -3.30. The smallest absolute Gasteiger partial charge is 0.415 e. The molecule has 154 valence electrons. The van der Waals surface area contributed by atoms with E-state index in [-0.39, 0.29) is 4.90 Å². The molecule has 0 aromatic heterocycles. The fourth-order valence-electron chi connectivity index (χ4n) is 3.70. The van der Waals surface area contributed by atoms with Gasteiger partial charge >= 0.3 is 6.09 Å². The van der Waals surface area contributed by atoms with Crippen molar-refractivity contribution in [2.75, 3.05) is 17.7 Å². The van der Waals surface area contributed by atoms with Gasteiger partial charge in [-0.05, 0) is 47.9 Å². The molecule has 0 bridgehead atoms. The highest BCUT2D eigenvalue weighted by Crippen LogP contribution is 2.36. The van der Waals surface area contributed by atoms with Crippen LogP contribution >= 0.6 is 0 Å². The number of amides is 1. The van der Waals surface area contributed by atoms with Crippen molar-refractivity contribution in [3.63, 3.8) is 0 Å². The molecule has 1 fully saturated rings. The number of carbonyl (C=O) groups is 1. The molecule has 3 aromatic rings. The Bertz CT molecular complexity index is 1190. The summed E-state index contributed by atoms with van der Waals surface area (Å²) in [6.07, 6.45) is 1.46. The van der Waals surface area contributed by atoms with E-state index in [0.29, 0.717) is 13.0 Å². The number of hydrogen-bond acceptors (Lipinski definition) is 4. The van der Waals surface area contributed by atoms with Crippen molar-refractivity contribution >= 4 is 21.6 Å². The van der Waals surface area contributed by atoms with Gasteiger partial charge in [0.15, 0.2) is 9.84 Å². The van der Waals surface area contributed by atoms with E-state index >= 15 is 0 Å². The van der Waals surface area contributed by atoms with Crippen LogP contribution in [0.2, 0.25) is 0 Å². The number of cyclic esters (lactones) is 1. The minimum Gasteiger partial charge on any atom is -0.438 e. The zero-order valence-corrected chi connectivity index (χ0v) is 17.7. The van der Waals surface area contributed by atoms with Gasteiger partial charge in [-0.3, -0.25) is 4.90 Å². The molecule has 1 aliphatic heterocycles. The molecule has 1 heterocycles. The Labute approximate surface area is 176 Å². The molecule has 1 amide bonds. The van der Waals surface area contributed by atoms with Gasteiger partial charge in [-0.2, -0.15) is 0 Å². The average molecular weight is 422 g/mol. The van der Waals surface area contributed by atoms with Gasteiger partial charge in [0.1, 0.15) is 5.60 Å². The number of carbonyl (C=O) groups excluding carboxylic acids is 1. The molecule has 1 saturated heterocycles. The molecule has 1 atom stereocenters. The first kappa shape index (κ1) is 20.2. The van der Waals surface area contributed by atoms with E-state index in [4.69, 9.17) is 4.74 Å². The van der Waals surface area contributed by atoms with E-state index in [0.717, 1.165) is 22.4 Å². The van der Waals surface area contributed by atoms with Crippen LogP contribution < -0.4 is 4.90 Å². The molecule has 1 unspecified atom stereocenters. The molecule has 30 heavy (non-hydrogen) atoms. The summed E-state index contributed by atoms with van der Waals surface area (Å²) in [4.78, 5) is 14.7. The average Bonchev–Trinajstić information content (AvgIpc) is 2.74. The van der Waals surface area contributed by atoms with Crippen molar-refractivity contribution in [1.82, 2.24) is 0 Å². The summed E-state index contributed by atoms with van der Waals surface area (Å²) in [7, 11) is -3.30. The number of hydrogen-bond donors (Lipinski definition) is 0. The van der Waals surface area contributed by atoms with Crippen molar-refractivity contribution in [1.29, 1.82) is 0 Å². The minimum absolute atomic E-state index is 0.265. The highest BCUT2D eigenvalue weighted by Gasteiger charge is 2.38. The predicted octanol–water partition coefficient (Wildman–Crippen LogP) is 5.02. The predicted molar refractivity (Wildman–Crippen MR) is 117 cm³/mol. The topological polar surface area (TPSA) is 63.7 Å². The van der Waals surface area contributed by atoms with Crippen LogP contribution in [-0.2, 0) is 20.2 Å². The maximum absolute atomic E-state index is 12.8. The monoisotopic (exact) mass is 421 g/mol. The lowest BCUT2D eigenvalue weighted by molar-refractivity contribution is 0.00582. The second-order valence-corrected chi connectivity index (χ2v) is 9.73. The lowest BCUT2D eigenvalue weighted by atomic mass is 9.91. The molecular formula is C24H23NO4S. The normalized spacial score (nSPS) is 19.4. The van der Waals surface area contributed by atoms with Crippen LogP contribution in [0.1, 0.15) is 18.9 Å². The lowest BCUT2D eigenvalue weighted by Gasteiger charge is -2.39. The Kier molecular flexibility index (Phi) is 5.12. The number of benzene rings is 3. The summed E-state index contributed by atoms with van der Waals surface area (Å²) in [6.45, 7) is 2.46. The van der Waals surface area contributed by atoms with E-state index in [1.54, 1.807) is 23.1 Å². The summed E-state index contributed by atoms with van der Waals surface area (Å²) < 4.78 is 29.6. The molecule has 1 aliphatic rings. The van der Waals surface area contributed by atoms with Gasteiger partial charge in [-0.15, -0.1) is 0 Å². The van der Waals surface area contributed by atoms with Gasteiger partial charge < -0.3 is 4.74 Å². The van der Waals surface area contributed by atoms with Crippen molar-refractivity contribution < 1.29 is 17.9 Å². The number of ether oxygens (including phenoxy) is 1. The fraction of sp³-hybridized carbons (Fsp3) is 0.208. The van der Waals surface area contributed by atoms with Crippen molar-refractivity contribution in [3.05, 3.63) is 84.4 Å². The summed E-state index contributed by atoms with van der Waals surface area (Å²) in [6, 6.07) is 24.1. The van der Waals surface area contributed by atoms with Crippen LogP contribution in [0.25, 0.3) is 11.1 Å². The third kappa shape index (κ3) is 3.96. The summed E-state index contributed by atoms with van der Waals surface area (Å²) >= 11 is 0. The highest BCUT2D eigenvalue weighted by atomic mass is 32.2. The largest absolute Gasteiger partial charge is 0.438 e. The third-order valence-corrected chi connectivity index (χ3v) is 6.59. The molecule has 3 aromatic carbocycles. The van der Waals surface area contributed by atoms with Crippen LogP contribution in [0.3, 0.4) is 0 Å². The number of rotatable bonds is 4. The first-order chi connectivity index (χ1) is 14.3. The van der Waals surface area contributed by atoms with Crippen LogP contribution in [0.5, 0.6) is 0 Å². The van der Waals surface area contributed by atoms with E-state index in [9.17, 15) is 13.2 Å². The molecular weight excluding hydrogens is 398 g/mol. The Morgan fingerprint density at radius 2 is 1.57 bits per heavy atom. The van der Waals surface area contributed by atoms with Gasteiger partial charge in [0, 0.05) is 24.9 Å². The summed E-state index contributed by atoms with van der Waals surface area (Å²) in [5.41, 5.74) is 2.65. The number of nitrogens with zero attached hydrogens (tertiary/aromatic N) is 1. The Balaban J connectivity index is 1.60. The van der Waals surface area contributed by atoms with Crippen molar-refractivity contribution in [2.24, 2.45) is 0 Å². The Hall–Kier alpha value is -3.12. The molecule has 0 N–H and O–H groups in total. The van der Waals surface area contributed by atoms with Crippen LogP contribution in [0.15, 0.2) is 83.8 Å². The molecule has 4 rings (SSSR count). The maximum Gasteiger partial charge on any atom is 0.415 e. The van der Waals surface area contributed by atoms with Crippen molar-refractivity contribution in [3.8, 4) is 11.1 Å². The molecule has 0 spiro atoms. The van der Waals surface area contributed by atoms with Crippen LogP contribution in [0.4, 0.5) is 10.5 Å². The maximum atomic E-state index is 12.8. The number of sulfone groups is 1. The molecule has 0 aliphatic carbocycles. The second kappa shape index (κ2) is 7.61. The van der Waals surface area contributed by atoms with Gasteiger partial charge in [-0.25, -0.2) is 13.2 Å². The standard InChI is InChI=1S/C24H23NO4S/c1-24(20-10-4-3-5-11-20)14-15-25(23(26)29-24)21-12-6-8-18(16-21)19-9-7-13-22(17-19)30(2,27)28/h3-13,16-17H,14-15H2,1-2H3. The summed E-state index contributed by atoms with van der Waals surface area (Å²) in [5.74, 6) is 0. The first-order valence-electron chi connectivity index (χ1n) is 9.73. The molecule has 6 heteroatoms. The zero-order chi connectivity index (χ0) is 21.4. The van der Waals surface area contributed by atoms with E-state index < -0.39 is 21.5 Å². The highest BCUT2D eigenvalue weighted by molar-refractivity contribution is 7.90. The van der Waals surface area contributed by atoms with Crippen LogP contribution in [0, 0.1) is 0 Å². The van der Waals surface area contributed by atoms with E-state index in [2.05, 4.69) is 0 Å². The third-order valence-electron chi connectivity index (χ3n) is 5.48. The lowest BCUT2D eigenvalue weighted by Crippen LogP contribution is -2.46. The second-order valence-electron chi connectivity index (χ2n) is 7.72. The van der Waals surface area contributed by atoms with E-state index in [1.165, 1.54) is 6.26 Å². The zero-order valence-electron chi connectivity index (χ0n) is 16.9. The fourth-order valence-corrected chi connectivity index (χ4v) is 4.37. The Morgan fingerprint density at radius 1 is 0.900 bits per heavy atom. The first-order valence-corrected chi connectivity index (χ1v) is 11.6. The molecule has 5 nitrogen and oxygen atoms in total. The van der Waals surface area contributed by atoms with Gasteiger partial charge in [0.2, 0.25) is 0 Å². The quantitative estimate of drug-likeness (QED) is 0.593. The SMILES string of the molecule is CC1(c2ccccc2)CCN(c2cccc(-c3cccc(S(C)(=O)=O)c3)c2)C(=O)O1. The molecule has 0 saturated carbocycles. The summed E-state index contributed by atoms with van der Waals surface area (Å²) in [5, 5.41) is 0. The van der Waals surface area contributed by atoms with Crippen molar-refractivity contribution in [2.45, 2.75) is 23.8 Å². The van der Waals surface area contributed by atoms with Crippen LogP contribution in [-0.4, -0.2) is 27.3 Å². The molecule has 0 radical (unpaired) electrons. The van der Waals surface area contributed by atoms with E-state index in [1.807, 2.05) is 67.6 Å². The van der Waals surface area contributed by atoms with Gasteiger partial charge in [-0.1, -0.05) is 54.6 Å².